The molecule has 5 aromatic rings. The molecule has 5 rings (SSSR count). The Morgan fingerprint density at radius 2 is 1.79 bits per heavy atom. The molecule has 4 aromatic heterocycles. The summed E-state index contributed by atoms with van der Waals surface area (Å²) in [7, 11) is 3.56. The van der Waals surface area contributed by atoms with Gasteiger partial charge in [0.2, 0.25) is 0 Å². The van der Waals surface area contributed by atoms with Crippen molar-refractivity contribution in [1.29, 1.82) is 0 Å². The predicted octanol–water partition coefficient (Wildman–Crippen LogP) is 4.71. The highest BCUT2D eigenvalue weighted by molar-refractivity contribution is 7.86. The minimum absolute atomic E-state index is 0.446. The zero-order valence-electron chi connectivity index (χ0n) is 21.8. The van der Waals surface area contributed by atoms with Gasteiger partial charge in [0.25, 0.3) is 0 Å². The molecule has 9 nitrogen and oxygen atoms in total. The minimum atomic E-state index is -1.50. The van der Waals surface area contributed by atoms with Crippen LogP contribution in [0.1, 0.15) is 25.0 Å². The van der Waals surface area contributed by atoms with Crippen molar-refractivity contribution in [3.63, 3.8) is 0 Å². The Balaban J connectivity index is 0.00000164. The third-order valence-electron chi connectivity index (χ3n) is 5.39. The third kappa shape index (κ3) is 5.85. The third-order valence-corrected chi connectivity index (χ3v) is 6.47. The lowest BCUT2D eigenvalue weighted by molar-refractivity contribution is 0.413. The van der Waals surface area contributed by atoms with Crippen molar-refractivity contribution in [2.75, 3.05) is 18.9 Å². The molecule has 38 heavy (non-hydrogen) atoms. The lowest BCUT2D eigenvalue weighted by atomic mass is 10.1. The zero-order chi connectivity index (χ0) is 27.1. The van der Waals surface area contributed by atoms with Gasteiger partial charge in [0.05, 0.1) is 37.1 Å². The largest absolute Gasteiger partial charge is 0.497 e. The lowest BCUT2D eigenvalue weighted by Gasteiger charge is -2.07. The second-order valence-electron chi connectivity index (χ2n) is 7.78. The summed E-state index contributed by atoms with van der Waals surface area (Å²) >= 11 is 0. The van der Waals surface area contributed by atoms with Crippen LogP contribution in [0.3, 0.4) is 0 Å². The quantitative estimate of drug-likeness (QED) is 0.321. The summed E-state index contributed by atoms with van der Waals surface area (Å²) in [4.78, 5) is 4.84. The molecule has 0 fully saturated rings. The van der Waals surface area contributed by atoms with E-state index in [0.717, 1.165) is 22.2 Å². The van der Waals surface area contributed by atoms with Gasteiger partial charge >= 0.3 is 0 Å². The van der Waals surface area contributed by atoms with Crippen molar-refractivity contribution in [2.45, 2.75) is 18.7 Å². The molecule has 4 heterocycles. The first-order valence-corrected chi connectivity index (χ1v) is 13.0. The van der Waals surface area contributed by atoms with Gasteiger partial charge in [-0.1, -0.05) is 31.8 Å². The number of nitrogens with zero attached hydrogens (tertiary/aromatic N) is 5. The molecule has 0 saturated heterocycles. The predicted molar refractivity (Wildman–Crippen MR) is 149 cm³/mol. The summed E-state index contributed by atoms with van der Waals surface area (Å²) in [5.41, 5.74) is 4.09. The number of rotatable bonds is 6. The van der Waals surface area contributed by atoms with Gasteiger partial charge in [-0.15, -0.1) is 0 Å². The number of hydrogen-bond donors (Lipinski definition) is 1. The SMILES string of the molecule is CC.COc1cccc(S(=O)Nc2cc(C#Cc3cnn4cc(-c5cnn(C)c5)cc(OC)c34)ccn2)c1. The Morgan fingerprint density at radius 1 is 0.947 bits per heavy atom. The Kier molecular flexibility index (Phi) is 8.40. The van der Waals surface area contributed by atoms with Crippen LogP contribution in [0, 0.1) is 11.8 Å². The van der Waals surface area contributed by atoms with Gasteiger partial charge in [-0.05, 0) is 36.4 Å². The topological polar surface area (TPSA) is 95.6 Å². The van der Waals surface area contributed by atoms with Crippen molar-refractivity contribution >= 4 is 22.3 Å². The number of aryl methyl sites for hydroxylation is 1. The maximum absolute atomic E-state index is 12.7. The zero-order valence-corrected chi connectivity index (χ0v) is 22.6. The molecule has 1 N–H and O–H groups in total. The second-order valence-corrected chi connectivity index (χ2v) is 8.99. The van der Waals surface area contributed by atoms with Crippen LogP contribution in [0.4, 0.5) is 5.82 Å². The summed E-state index contributed by atoms with van der Waals surface area (Å²) in [6, 6.07) is 12.5. The fourth-order valence-electron chi connectivity index (χ4n) is 3.63. The minimum Gasteiger partial charge on any atom is -0.497 e. The smallest absolute Gasteiger partial charge is 0.151 e. The molecule has 194 valence electrons. The standard InChI is InChI=1S/C26H22N6O3S.C2H6/c1-31-16-21(15-28-31)20-12-24(35-3)26-19(14-29-32(26)17-20)8-7-18-9-10-27-25(11-18)30-36(33)23-6-4-5-22(13-23)34-2;1-2/h4-6,9-17H,1-3H3,(H,27,30);1-2H3. The molecule has 0 radical (unpaired) electrons. The summed E-state index contributed by atoms with van der Waals surface area (Å²) in [5.74, 6) is 8.05. The van der Waals surface area contributed by atoms with E-state index in [4.69, 9.17) is 9.47 Å². The monoisotopic (exact) mass is 528 g/mol. The van der Waals surface area contributed by atoms with E-state index in [9.17, 15) is 4.21 Å². The molecule has 0 aliphatic rings. The Morgan fingerprint density at radius 3 is 2.53 bits per heavy atom. The van der Waals surface area contributed by atoms with Crippen LogP contribution in [0.15, 0.2) is 78.3 Å². The van der Waals surface area contributed by atoms with Crippen LogP contribution in [0.5, 0.6) is 11.5 Å². The Labute approximate surface area is 224 Å². The number of methoxy groups -OCH3 is 2. The molecule has 1 unspecified atom stereocenters. The number of ether oxygens (including phenoxy) is 2. The normalized spacial score (nSPS) is 11.1. The molecule has 0 aliphatic heterocycles. The van der Waals surface area contributed by atoms with Gasteiger partial charge < -0.3 is 9.47 Å². The van der Waals surface area contributed by atoms with Gasteiger partial charge in [-0.2, -0.15) is 10.2 Å². The number of hydrogen-bond acceptors (Lipinski definition) is 6. The first-order valence-electron chi connectivity index (χ1n) is 11.9. The van der Waals surface area contributed by atoms with E-state index >= 15 is 0 Å². The van der Waals surface area contributed by atoms with Gasteiger partial charge in [-0.25, -0.2) is 13.7 Å². The lowest BCUT2D eigenvalue weighted by Crippen LogP contribution is -2.06. The van der Waals surface area contributed by atoms with Gasteiger partial charge in [0, 0.05) is 42.3 Å². The van der Waals surface area contributed by atoms with E-state index in [2.05, 4.69) is 31.7 Å². The Hall–Kier alpha value is -4.62. The summed E-state index contributed by atoms with van der Waals surface area (Å²) < 4.78 is 30.0. The molecule has 0 spiro atoms. The summed E-state index contributed by atoms with van der Waals surface area (Å²) in [5, 5.41) is 8.70. The average molecular weight is 529 g/mol. The molecule has 0 amide bonds. The van der Waals surface area contributed by atoms with Crippen molar-refractivity contribution in [2.24, 2.45) is 7.05 Å². The van der Waals surface area contributed by atoms with E-state index in [1.807, 2.05) is 39.4 Å². The van der Waals surface area contributed by atoms with Gasteiger partial charge in [0.15, 0.2) is 11.0 Å². The molecule has 10 heteroatoms. The van der Waals surface area contributed by atoms with Crippen molar-refractivity contribution in [3.8, 4) is 34.5 Å². The van der Waals surface area contributed by atoms with E-state index in [0.29, 0.717) is 27.8 Å². The maximum atomic E-state index is 12.7. The summed E-state index contributed by atoms with van der Waals surface area (Å²) in [6.45, 7) is 4.00. The molecule has 0 aliphatic carbocycles. The van der Waals surface area contributed by atoms with Crippen molar-refractivity contribution in [1.82, 2.24) is 24.4 Å². The molecular weight excluding hydrogens is 500 g/mol. The first-order chi connectivity index (χ1) is 18.5. The number of nitrogens with one attached hydrogen (secondary N) is 1. The van der Waals surface area contributed by atoms with Gasteiger partial charge in [0.1, 0.15) is 22.8 Å². The van der Waals surface area contributed by atoms with Crippen molar-refractivity contribution in [3.05, 3.63) is 84.6 Å². The second kappa shape index (κ2) is 12.1. The highest BCUT2D eigenvalue weighted by Gasteiger charge is 2.13. The molecular formula is C28H28N6O3S. The number of fused-ring (bicyclic) bond motifs is 1. The van der Waals surface area contributed by atoms with Crippen LogP contribution >= 0.6 is 0 Å². The molecule has 1 atom stereocenters. The van der Waals surface area contributed by atoms with Crippen LogP contribution in [0.2, 0.25) is 0 Å². The highest BCUT2D eigenvalue weighted by atomic mass is 32.2. The molecule has 0 saturated carbocycles. The van der Waals surface area contributed by atoms with E-state index in [-0.39, 0.29) is 0 Å². The highest BCUT2D eigenvalue weighted by Crippen LogP contribution is 2.29. The fourth-order valence-corrected chi connectivity index (χ4v) is 4.48. The van der Waals surface area contributed by atoms with E-state index < -0.39 is 11.0 Å². The summed E-state index contributed by atoms with van der Waals surface area (Å²) in [6.07, 6.45) is 8.97. The maximum Gasteiger partial charge on any atom is 0.151 e. The van der Waals surface area contributed by atoms with Crippen LogP contribution in [-0.2, 0) is 18.0 Å². The molecule has 0 bridgehead atoms. The van der Waals surface area contributed by atoms with Crippen LogP contribution in [0.25, 0.3) is 16.6 Å². The molecule has 1 aromatic carbocycles. The number of aromatic nitrogens is 5. The van der Waals surface area contributed by atoms with E-state index in [1.165, 1.54) is 0 Å². The van der Waals surface area contributed by atoms with Crippen molar-refractivity contribution < 1.29 is 13.7 Å². The van der Waals surface area contributed by atoms with Crippen LogP contribution in [-0.4, -0.2) is 42.8 Å². The van der Waals surface area contributed by atoms with E-state index in [1.54, 1.807) is 78.4 Å². The average Bonchev–Trinajstić information content (AvgIpc) is 3.58. The number of pyridine rings is 2. The van der Waals surface area contributed by atoms with Gasteiger partial charge in [-0.3, -0.25) is 9.40 Å². The Bertz CT molecular complexity index is 1650. The van der Waals surface area contributed by atoms with Crippen LogP contribution < -0.4 is 14.2 Å². The number of benzene rings is 1. The fraction of sp³-hybridized carbons (Fsp3) is 0.179. The first kappa shape index (κ1) is 26.4. The number of anilines is 1.